The summed E-state index contributed by atoms with van der Waals surface area (Å²) in [6, 6.07) is 0. The zero-order chi connectivity index (χ0) is 4.99. The maximum absolute atomic E-state index is 8.04. The third kappa shape index (κ3) is 4.84. The molecule has 0 radical (unpaired) electrons. The van der Waals surface area contributed by atoms with Crippen LogP contribution in [0.3, 0.4) is 0 Å². The molecule has 2 nitrogen and oxygen atoms in total. The van der Waals surface area contributed by atoms with E-state index < -0.39 is 0 Å². The molecule has 0 aliphatic rings. The Morgan fingerprint density at radius 2 is 2.50 bits per heavy atom. The molecule has 1 atom stereocenters. The fourth-order valence-corrected chi connectivity index (χ4v) is 0.452. The van der Waals surface area contributed by atoms with E-state index in [2.05, 4.69) is 4.74 Å². The summed E-state index contributed by atoms with van der Waals surface area (Å²) in [5.74, 6) is 0. The van der Waals surface area contributed by atoms with Crippen LogP contribution in [0.2, 0.25) is 0 Å². The zero-order valence-electron chi connectivity index (χ0n) is 3.72. The van der Waals surface area contributed by atoms with Crippen molar-refractivity contribution < 1.29 is 9.84 Å². The molecule has 0 saturated heterocycles. The van der Waals surface area contributed by atoms with E-state index in [0.717, 1.165) is 25.8 Å². The van der Waals surface area contributed by atoms with Gasteiger partial charge in [0.1, 0.15) is 0 Å². The van der Waals surface area contributed by atoms with Gasteiger partial charge in [0.15, 0.2) is 0 Å². The molecule has 0 spiro atoms. The maximum atomic E-state index is 8.04. The Hall–Kier alpha value is 0.842. The molecule has 0 aliphatic carbocycles. The van der Waals surface area contributed by atoms with Crippen molar-refractivity contribution in [2.24, 2.45) is 0 Å². The minimum atomic E-state index is -0.127. The summed E-state index contributed by atoms with van der Waals surface area (Å²) in [6.45, 7) is 1.82. The summed E-state index contributed by atoms with van der Waals surface area (Å²) in [4.78, 5) is 0. The molecule has 0 bridgehead atoms. The standard InChI is InChI=1S/C3H7O2.Tl/c1-2-5-3-4;/h2,4H,3H2,1H3;. The normalized spacial score (nSPS) is 14.2. The van der Waals surface area contributed by atoms with Crippen molar-refractivity contribution in [3.05, 3.63) is 0 Å². The summed E-state index contributed by atoms with van der Waals surface area (Å²) >= 11 is 0.821. The average molecular weight is 279 g/mol. The Kier molecular flexibility index (Phi) is 4.58. The van der Waals surface area contributed by atoms with E-state index in [1.165, 1.54) is 0 Å². The van der Waals surface area contributed by atoms with Crippen molar-refractivity contribution in [3.8, 4) is 0 Å². The zero-order valence-corrected chi connectivity index (χ0v) is 8.21. The van der Waals surface area contributed by atoms with Crippen molar-refractivity contribution in [1.29, 1.82) is 0 Å². The van der Waals surface area contributed by atoms with Crippen LogP contribution in [0.4, 0.5) is 0 Å². The van der Waals surface area contributed by atoms with Gasteiger partial charge in [-0.25, -0.2) is 0 Å². The molecular weight excluding hydrogens is 272 g/mol. The van der Waals surface area contributed by atoms with Crippen LogP contribution in [0.5, 0.6) is 0 Å². The average Bonchev–Trinajstić information content (AvgIpc) is 1.35. The number of aliphatic hydroxyl groups is 1. The van der Waals surface area contributed by atoms with E-state index in [1.54, 1.807) is 0 Å². The molecule has 0 heterocycles. The number of hydrogen-bond donors (Lipinski definition) is 1. The predicted octanol–water partition coefficient (Wildman–Crippen LogP) is -0.533. The van der Waals surface area contributed by atoms with Gasteiger partial charge in [-0.15, -0.1) is 0 Å². The van der Waals surface area contributed by atoms with E-state index in [0.29, 0.717) is 3.66 Å². The van der Waals surface area contributed by atoms with Gasteiger partial charge in [0, 0.05) is 0 Å². The molecule has 6 heavy (non-hydrogen) atoms. The van der Waals surface area contributed by atoms with Crippen LogP contribution in [0.15, 0.2) is 0 Å². The van der Waals surface area contributed by atoms with E-state index in [-0.39, 0.29) is 6.79 Å². The summed E-state index contributed by atoms with van der Waals surface area (Å²) in [7, 11) is 0. The van der Waals surface area contributed by atoms with Gasteiger partial charge < -0.3 is 0 Å². The van der Waals surface area contributed by atoms with Crippen molar-refractivity contribution in [2.75, 3.05) is 6.79 Å². The van der Waals surface area contributed by atoms with Crippen LogP contribution in [0.1, 0.15) is 6.92 Å². The number of rotatable bonds is 2. The Bertz CT molecular complexity index is 30.0. The number of ether oxygens (including phenoxy) is 1. The predicted molar refractivity (Wildman–Crippen MR) is 23.4 cm³/mol. The molecule has 1 unspecified atom stereocenters. The third-order valence-electron chi connectivity index (χ3n) is 0.337. The Morgan fingerprint density at radius 1 is 2.00 bits per heavy atom. The van der Waals surface area contributed by atoms with Crippen molar-refractivity contribution in [1.82, 2.24) is 0 Å². The van der Waals surface area contributed by atoms with Crippen LogP contribution in [0, 0.1) is 0 Å². The fourth-order valence-electron chi connectivity index (χ4n) is 0.118. The van der Waals surface area contributed by atoms with Crippen molar-refractivity contribution >= 4 is 25.8 Å². The van der Waals surface area contributed by atoms with E-state index >= 15 is 0 Å². The van der Waals surface area contributed by atoms with Gasteiger partial charge in [0.25, 0.3) is 0 Å². The first-order chi connectivity index (χ1) is 2.77. The quantitative estimate of drug-likeness (QED) is 0.544. The second kappa shape index (κ2) is 4.01. The molecular formula is C3H7O2Tl. The van der Waals surface area contributed by atoms with E-state index in [4.69, 9.17) is 5.11 Å². The second-order valence-corrected chi connectivity index (χ2v) is 4.65. The molecule has 0 aromatic carbocycles. The van der Waals surface area contributed by atoms with Gasteiger partial charge in [-0.3, -0.25) is 0 Å². The first-order valence-electron chi connectivity index (χ1n) is 1.75. The SMILES string of the molecule is C[CH]([Tl])OCO. The van der Waals surface area contributed by atoms with Gasteiger partial charge in [-0.05, 0) is 0 Å². The third-order valence-corrected chi connectivity index (χ3v) is 1.09. The van der Waals surface area contributed by atoms with Crippen molar-refractivity contribution in [3.63, 3.8) is 0 Å². The molecule has 0 aromatic heterocycles. The van der Waals surface area contributed by atoms with Crippen LogP contribution in [-0.4, -0.2) is 41.3 Å². The Morgan fingerprint density at radius 3 is 2.50 bits per heavy atom. The Labute approximate surface area is 53.2 Å². The summed E-state index contributed by atoms with van der Waals surface area (Å²) in [5, 5.41) is 8.04. The summed E-state index contributed by atoms with van der Waals surface area (Å²) < 4.78 is 4.99. The van der Waals surface area contributed by atoms with Gasteiger partial charge in [0.05, 0.1) is 0 Å². The summed E-state index contributed by atoms with van der Waals surface area (Å²) in [5.41, 5.74) is 0. The van der Waals surface area contributed by atoms with Gasteiger partial charge in [-0.1, -0.05) is 0 Å². The first kappa shape index (κ1) is 6.84. The van der Waals surface area contributed by atoms with Crippen LogP contribution in [0.25, 0.3) is 0 Å². The first-order valence-corrected chi connectivity index (χ1v) is 4.34. The second-order valence-electron chi connectivity index (χ2n) is 1.00. The van der Waals surface area contributed by atoms with E-state index in [9.17, 15) is 0 Å². The monoisotopic (exact) mass is 280 g/mol. The Balaban J connectivity index is 2.63. The number of aliphatic hydroxyl groups excluding tert-OH is 1. The molecule has 0 amide bonds. The van der Waals surface area contributed by atoms with Crippen molar-refractivity contribution in [2.45, 2.75) is 10.6 Å². The molecule has 1 N–H and O–H groups in total. The minimum absolute atomic E-state index is 0.127. The molecule has 3 heteroatoms. The van der Waals surface area contributed by atoms with E-state index in [1.807, 2.05) is 6.92 Å². The van der Waals surface area contributed by atoms with Gasteiger partial charge >= 0.3 is 53.0 Å². The van der Waals surface area contributed by atoms with Gasteiger partial charge in [0.2, 0.25) is 0 Å². The molecule has 0 fully saturated rings. The molecule has 0 saturated carbocycles. The topological polar surface area (TPSA) is 29.5 Å². The van der Waals surface area contributed by atoms with Gasteiger partial charge in [-0.2, -0.15) is 0 Å². The number of hydrogen-bond acceptors (Lipinski definition) is 2. The molecule has 0 aromatic rings. The molecule has 0 rings (SSSR count). The molecule has 34 valence electrons. The van der Waals surface area contributed by atoms with Crippen LogP contribution >= 0.6 is 0 Å². The van der Waals surface area contributed by atoms with Crippen LogP contribution < -0.4 is 0 Å². The summed E-state index contributed by atoms with van der Waals surface area (Å²) in [6.07, 6.45) is 0. The fraction of sp³-hybridized carbons (Fsp3) is 1.00. The van der Waals surface area contributed by atoms with Crippen LogP contribution in [-0.2, 0) is 4.74 Å². The molecule has 0 aliphatic heterocycles.